The molecule has 0 bridgehead atoms. The minimum Gasteiger partial charge on any atom is -0.453 e. The zero-order valence-corrected chi connectivity index (χ0v) is 41.4. The number of hydrogen-bond acceptors (Lipinski definition) is 6. The number of rotatable bonds is 4. The monoisotopic (exact) mass is 965 g/mol. The lowest BCUT2D eigenvalue weighted by molar-refractivity contribution is 0.478. The van der Waals surface area contributed by atoms with Crippen molar-refractivity contribution in [3.05, 3.63) is 242 Å². The summed E-state index contributed by atoms with van der Waals surface area (Å²) in [5.41, 5.74) is 30.5. The topological polar surface area (TPSA) is 25.4 Å². The molecule has 76 heavy (non-hydrogen) atoms. The Bertz CT molecular complexity index is 4350. The molecule has 0 radical (unpaired) electrons. The molecule has 0 aromatic heterocycles. The summed E-state index contributed by atoms with van der Waals surface area (Å²) in [5.74, 6) is 1.78. The fourth-order valence-electron chi connectivity index (χ4n) is 14.6. The van der Waals surface area contributed by atoms with Gasteiger partial charge >= 0.3 is 0 Å². The second-order valence-corrected chi connectivity index (χ2v) is 21.2. The molecule has 11 aromatic rings. The van der Waals surface area contributed by atoms with Gasteiger partial charge < -0.3 is 29.2 Å². The predicted molar refractivity (Wildman–Crippen MR) is 319 cm³/mol. The number of aryl methyl sites for hydroxylation is 1. The van der Waals surface area contributed by atoms with E-state index in [2.05, 4.69) is 268 Å². The summed E-state index contributed by atoms with van der Waals surface area (Å²) in [5, 5.41) is 0. The van der Waals surface area contributed by atoms with Crippen LogP contribution in [0.25, 0.3) is 0 Å². The lowest BCUT2D eigenvalue weighted by atomic mass is 9.28. The van der Waals surface area contributed by atoms with Gasteiger partial charge in [-0.1, -0.05) is 140 Å². The van der Waals surface area contributed by atoms with Crippen molar-refractivity contribution >= 4 is 155 Å². The van der Waals surface area contributed by atoms with Crippen molar-refractivity contribution < 1.29 is 4.74 Å². The molecule has 6 nitrogen and oxygen atoms in total. The van der Waals surface area contributed by atoms with Crippen molar-refractivity contribution in [3.8, 4) is 11.5 Å². The second kappa shape index (κ2) is 14.8. The minimum absolute atomic E-state index is 0.0343. The van der Waals surface area contributed by atoms with Crippen LogP contribution in [0, 0.1) is 6.92 Å². The maximum atomic E-state index is 7.16. The lowest BCUT2D eigenvalue weighted by Gasteiger charge is -2.52. The standard InChI is InChI=1S/C67H42B3N5O/c1-41-36-56-62-57(37-41)73(44-24-10-4-11-25-44)54-39-55-51(38-50(54)69(62)47-29-15-17-33-53(47)71(56)42-20-6-2-7-21-42)70-49-31-19-35-61-66(49)75-65-48(30-18-34-60(65)76-61)68-46-28-14-16-32-52(46)72(43-22-8-3-9-23-43)58-40-59(64(70)67(75)63(58)68)74(55)45-26-12-5-13-27-45/h2-40H,1H3. The molecular weight excluding hydrogens is 923 g/mol. The van der Waals surface area contributed by atoms with Crippen molar-refractivity contribution in [2.75, 3.05) is 24.5 Å². The van der Waals surface area contributed by atoms with Crippen LogP contribution in [0.2, 0.25) is 0 Å². The number of nitrogens with zero attached hydrogens (tertiary/aromatic N) is 5. The molecule has 0 saturated carbocycles. The molecule has 0 fully saturated rings. The zero-order chi connectivity index (χ0) is 49.5. The van der Waals surface area contributed by atoms with Gasteiger partial charge in [-0.05, 0) is 159 Å². The van der Waals surface area contributed by atoms with E-state index in [1.54, 1.807) is 0 Å². The van der Waals surface area contributed by atoms with E-state index in [0.717, 1.165) is 45.6 Å². The molecule has 350 valence electrons. The maximum absolute atomic E-state index is 7.16. The molecule has 7 heterocycles. The number of para-hydroxylation sites is 8. The molecule has 0 N–H and O–H groups in total. The Kier molecular flexibility index (Phi) is 7.95. The van der Waals surface area contributed by atoms with Crippen molar-refractivity contribution in [3.63, 3.8) is 0 Å². The summed E-state index contributed by atoms with van der Waals surface area (Å²) >= 11 is 0. The number of benzene rings is 11. The highest BCUT2D eigenvalue weighted by atomic mass is 16.5. The van der Waals surface area contributed by atoms with Gasteiger partial charge in [0, 0.05) is 73.9 Å². The van der Waals surface area contributed by atoms with Gasteiger partial charge in [0.1, 0.15) is 0 Å². The fourth-order valence-corrected chi connectivity index (χ4v) is 14.6. The third kappa shape index (κ3) is 5.14. The first-order valence-corrected chi connectivity index (χ1v) is 26.5. The van der Waals surface area contributed by atoms with Crippen molar-refractivity contribution in [1.82, 2.24) is 0 Å². The molecule has 7 aliphatic rings. The summed E-state index contributed by atoms with van der Waals surface area (Å²) in [7, 11) is 0. The molecule has 0 aliphatic carbocycles. The molecule has 0 amide bonds. The largest absolute Gasteiger partial charge is 0.453 e. The maximum Gasteiger partial charge on any atom is 0.252 e. The summed E-state index contributed by atoms with van der Waals surface area (Å²) in [6.07, 6.45) is 0. The average molecular weight is 966 g/mol. The Morgan fingerprint density at radius 1 is 0.263 bits per heavy atom. The van der Waals surface area contributed by atoms with Crippen LogP contribution in [0.3, 0.4) is 0 Å². The van der Waals surface area contributed by atoms with Crippen LogP contribution >= 0.6 is 0 Å². The number of anilines is 15. The SMILES string of the molecule is Cc1cc2c3c(c1)N(c1ccccc1)c1cc4c(cc1B3c1ccccc1N2c1ccccc1)B1c2cccc3c2N2c5c(cccc5B5c6ccccc6N(c6ccccc6)c6cc(c1c2c65)N4c1ccccc1)O3. The Labute approximate surface area is 442 Å². The molecule has 7 aliphatic heterocycles. The van der Waals surface area contributed by atoms with Crippen LogP contribution in [-0.2, 0) is 0 Å². The van der Waals surface area contributed by atoms with E-state index >= 15 is 0 Å². The second-order valence-electron chi connectivity index (χ2n) is 21.2. The number of hydrogen-bond donors (Lipinski definition) is 0. The van der Waals surface area contributed by atoms with Crippen LogP contribution in [0.15, 0.2) is 237 Å². The van der Waals surface area contributed by atoms with Crippen molar-refractivity contribution in [2.45, 2.75) is 6.92 Å². The molecule has 0 atom stereocenters. The highest BCUT2D eigenvalue weighted by Gasteiger charge is 2.55. The zero-order valence-electron chi connectivity index (χ0n) is 41.4. The van der Waals surface area contributed by atoms with Crippen molar-refractivity contribution in [2.24, 2.45) is 0 Å². The van der Waals surface area contributed by atoms with E-state index in [9.17, 15) is 0 Å². The van der Waals surface area contributed by atoms with E-state index in [0.29, 0.717) is 0 Å². The first kappa shape index (κ1) is 40.8. The van der Waals surface area contributed by atoms with E-state index in [1.807, 2.05) is 0 Å². The first-order chi connectivity index (χ1) is 37.7. The van der Waals surface area contributed by atoms with E-state index in [1.165, 1.54) is 106 Å². The van der Waals surface area contributed by atoms with Gasteiger partial charge in [0.15, 0.2) is 11.5 Å². The average Bonchev–Trinajstić information content (AvgIpc) is 3.63. The Morgan fingerprint density at radius 2 is 0.618 bits per heavy atom. The molecular formula is C67H42B3N5O. The van der Waals surface area contributed by atoms with E-state index in [-0.39, 0.29) is 20.1 Å². The van der Waals surface area contributed by atoms with Gasteiger partial charge in [-0.3, -0.25) is 0 Å². The molecule has 9 heteroatoms. The minimum atomic E-state index is -0.135. The van der Waals surface area contributed by atoms with Gasteiger partial charge in [-0.2, -0.15) is 0 Å². The smallest absolute Gasteiger partial charge is 0.252 e. The molecule has 0 unspecified atom stereocenters. The summed E-state index contributed by atoms with van der Waals surface area (Å²) in [6.45, 7) is 2.03. The number of fused-ring (bicyclic) bond motifs is 10. The van der Waals surface area contributed by atoms with Gasteiger partial charge in [0.2, 0.25) is 0 Å². The summed E-state index contributed by atoms with van der Waals surface area (Å²) in [4.78, 5) is 12.8. The van der Waals surface area contributed by atoms with E-state index in [4.69, 9.17) is 4.74 Å². The predicted octanol–water partition coefficient (Wildman–Crippen LogP) is 10.9. The third-order valence-corrected chi connectivity index (χ3v) is 17.3. The highest BCUT2D eigenvalue weighted by molar-refractivity contribution is 7.06. The lowest BCUT2D eigenvalue weighted by Crippen LogP contribution is -2.69. The Hall–Kier alpha value is -9.59. The first-order valence-electron chi connectivity index (χ1n) is 26.5. The van der Waals surface area contributed by atoms with Gasteiger partial charge in [-0.15, -0.1) is 0 Å². The Morgan fingerprint density at radius 3 is 1.08 bits per heavy atom. The highest BCUT2D eigenvalue weighted by Crippen LogP contribution is 2.56. The van der Waals surface area contributed by atoms with E-state index < -0.39 is 0 Å². The molecule has 0 spiro atoms. The molecule has 18 rings (SSSR count). The molecule has 11 aromatic carbocycles. The molecule has 0 saturated heterocycles. The van der Waals surface area contributed by atoms with Gasteiger partial charge in [0.25, 0.3) is 20.1 Å². The van der Waals surface area contributed by atoms with Crippen LogP contribution in [0.4, 0.5) is 85.3 Å². The van der Waals surface area contributed by atoms with Crippen LogP contribution in [0.5, 0.6) is 11.5 Å². The third-order valence-electron chi connectivity index (χ3n) is 17.3. The van der Waals surface area contributed by atoms with Gasteiger partial charge in [0.05, 0.1) is 11.4 Å². The quantitative estimate of drug-likeness (QED) is 0.163. The van der Waals surface area contributed by atoms with Gasteiger partial charge in [-0.25, -0.2) is 0 Å². The van der Waals surface area contributed by atoms with Crippen LogP contribution < -0.4 is 78.4 Å². The van der Waals surface area contributed by atoms with Crippen LogP contribution in [0.1, 0.15) is 5.56 Å². The summed E-state index contributed by atoms with van der Waals surface area (Å²) in [6, 6.07) is 88.3. The fraction of sp³-hybridized carbons (Fsp3) is 0.0149. The normalized spacial score (nSPS) is 14.5. The van der Waals surface area contributed by atoms with Crippen molar-refractivity contribution in [1.29, 1.82) is 0 Å². The Balaban J connectivity index is 0.991. The summed E-state index contributed by atoms with van der Waals surface area (Å²) < 4.78 is 7.16. The number of ether oxygens (including phenoxy) is 1. The van der Waals surface area contributed by atoms with Crippen LogP contribution in [-0.4, -0.2) is 20.1 Å².